The van der Waals surface area contributed by atoms with Crippen LogP contribution in [0, 0.1) is 0 Å². The number of hydrogen-bond acceptors (Lipinski definition) is 3. The van der Waals surface area contributed by atoms with Crippen molar-refractivity contribution in [3.05, 3.63) is 24.0 Å². The summed E-state index contributed by atoms with van der Waals surface area (Å²) in [5.41, 5.74) is 3.28. The Kier molecular flexibility index (Phi) is 6.15. The summed E-state index contributed by atoms with van der Waals surface area (Å²) < 4.78 is 2.13. The zero-order valence-corrected chi connectivity index (χ0v) is 14.1. The number of aromatic nitrogens is 2. The highest BCUT2D eigenvalue weighted by Crippen LogP contribution is 2.22. The van der Waals surface area contributed by atoms with Crippen molar-refractivity contribution in [3.8, 4) is 0 Å². The average molecular weight is 329 g/mol. The van der Waals surface area contributed by atoms with Gasteiger partial charge < -0.3 is 14.8 Å². The monoisotopic (exact) mass is 328 g/mol. The summed E-state index contributed by atoms with van der Waals surface area (Å²) >= 11 is 11.7. The number of rotatable bonds is 8. The minimum absolute atomic E-state index is 0.586. The molecule has 1 aromatic carbocycles. The molecule has 4 nitrogen and oxygen atoms in total. The van der Waals surface area contributed by atoms with Crippen LogP contribution in [0.15, 0.2) is 18.2 Å². The molecule has 0 aliphatic carbocycles. The van der Waals surface area contributed by atoms with Gasteiger partial charge in [-0.1, -0.05) is 6.92 Å². The molecule has 0 spiro atoms. The van der Waals surface area contributed by atoms with E-state index in [0.717, 1.165) is 48.7 Å². The minimum atomic E-state index is 0.586. The number of nitrogens with zero attached hydrogens (tertiary/aromatic N) is 3. The van der Waals surface area contributed by atoms with E-state index in [9.17, 15) is 0 Å². The van der Waals surface area contributed by atoms with Crippen LogP contribution in [0.3, 0.4) is 0 Å². The van der Waals surface area contributed by atoms with Gasteiger partial charge in [-0.2, -0.15) is 0 Å². The number of alkyl halides is 2. The van der Waals surface area contributed by atoms with E-state index in [1.165, 1.54) is 0 Å². The number of imidazole rings is 1. The van der Waals surface area contributed by atoms with E-state index in [1.54, 1.807) is 0 Å². The molecule has 0 unspecified atom stereocenters. The number of aryl methyl sites for hydroxylation is 1. The van der Waals surface area contributed by atoms with E-state index < -0.39 is 0 Å². The fraction of sp³-hybridized carbons (Fsp3) is 0.533. The Morgan fingerprint density at radius 2 is 1.95 bits per heavy atom. The summed E-state index contributed by atoms with van der Waals surface area (Å²) in [7, 11) is 2.05. The SMILES string of the molecule is CCNCc1nc2cc(N(CCCl)CCCl)ccc2n1C. The number of halogens is 2. The lowest BCUT2D eigenvalue weighted by Gasteiger charge is -2.22. The second kappa shape index (κ2) is 7.87. The van der Waals surface area contributed by atoms with Crippen LogP contribution < -0.4 is 10.2 Å². The van der Waals surface area contributed by atoms with Gasteiger partial charge in [0.1, 0.15) is 5.82 Å². The number of anilines is 1. The van der Waals surface area contributed by atoms with Crippen molar-refractivity contribution < 1.29 is 0 Å². The predicted molar refractivity (Wildman–Crippen MR) is 91.7 cm³/mol. The molecule has 1 N–H and O–H groups in total. The highest BCUT2D eigenvalue weighted by atomic mass is 35.5. The lowest BCUT2D eigenvalue weighted by Crippen LogP contribution is -2.27. The molecule has 0 amide bonds. The van der Waals surface area contributed by atoms with Gasteiger partial charge in [-0.05, 0) is 24.7 Å². The van der Waals surface area contributed by atoms with Crippen molar-refractivity contribution in [2.75, 3.05) is 36.3 Å². The van der Waals surface area contributed by atoms with Crippen molar-refractivity contribution >= 4 is 39.9 Å². The standard InChI is InChI=1S/C15H22Cl2N4/c1-3-18-11-15-19-13-10-12(4-5-14(13)20(15)2)21(8-6-16)9-7-17/h4-5,10,18H,3,6-9,11H2,1-2H3. The largest absolute Gasteiger partial charge is 0.369 e. The second-order valence-corrected chi connectivity index (χ2v) is 5.66. The van der Waals surface area contributed by atoms with Gasteiger partial charge >= 0.3 is 0 Å². The summed E-state index contributed by atoms with van der Waals surface area (Å²) in [5, 5.41) is 3.32. The quantitative estimate of drug-likeness (QED) is 0.756. The first-order chi connectivity index (χ1) is 10.2. The van der Waals surface area contributed by atoms with Gasteiger partial charge in [-0.15, -0.1) is 23.2 Å². The molecule has 2 rings (SSSR count). The van der Waals surface area contributed by atoms with Gasteiger partial charge in [-0.3, -0.25) is 0 Å². The zero-order chi connectivity index (χ0) is 15.2. The van der Waals surface area contributed by atoms with Crippen LogP contribution in [-0.4, -0.2) is 40.9 Å². The van der Waals surface area contributed by atoms with Crippen LogP contribution in [0.1, 0.15) is 12.7 Å². The summed E-state index contributed by atoms with van der Waals surface area (Å²) in [5.74, 6) is 2.22. The van der Waals surface area contributed by atoms with E-state index in [0.29, 0.717) is 11.8 Å². The Balaban J connectivity index is 2.31. The first-order valence-electron chi connectivity index (χ1n) is 7.24. The summed E-state index contributed by atoms with van der Waals surface area (Å²) in [4.78, 5) is 6.91. The van der Waals surface area contributed by atoms with Crippen molar-refractivity contribution in [2.45, 2.75) is 13.5 Å². The molecule has 0 bridgehead atoms. The number of benzene rings is 1. The van der Waals surface area contributed by atoms with Crippen molar-refractivity contribution in [1.29, 1.82) is 0 Å². The van der Waals surface area contributed by atoms with Crippen molar-refractivity contribution in [2.24, 2.45) is 7.05 Å². The molecule has 0 atom stereocenters. The lowest BCUT2D eigenvalue weighted by molar-refractivity contribution is 0.667. The molecule has 0 fully saturated rings. The first-order valence-corrected chi connectivity index (χ1v) is 8.31. The molecule has 0 aliphatic rings. The van der Waals surface area contributed by atoms with Gasteiger partial charge in [0.05, 0.1) is 17.6 Å². The van der Waals surface area contributed by atoms with Crippen LogP contribution in [0.4, 0.5) is 5.69 Å². The Labute approximate surface area is 136 Å². The van der Waals surface area contributed by atoms with Crippen LogP contribution >= 0.6 is 23.2 Å². The molecule has 0 saturated heterocycles. The van der Waals surface area contributed by atoms with Gasteiger partial charge in [0.15, 0.2) is 0 Å². The summed E-state index contributed by atoms with van der Waals surface area (Å²) in [6.45, 7) is 5.39. The molecular formula is C15H22Cl2N4. The highest BCUT2D eigenvalue weighted by Gasteiger charge is 2.11. The first kappa shape index (κ1) is 16.4. The van der Waals surface area contributed by atoms with Gasteiger partial charge in [0.25, 0.3) is 0 Å². The maximum Gasteiger partial charge on any atom is 0.123 e. The summed E-state index contributed by atoms with van der Waals surface area (Å²) in [6.07, 6.45) is 0. The van der Waals surface area contributed by atoms with Gasteiger partial charge in [0, 0.05) is 37.6 Å². The number of fused-ring (bicyclic) bond motifs is 1. The molecule has 1 aromatic heterocycles. The topological polar surface area (TPSA) is 33.1 Å². The van der Waals surface area contributed by atoms with Crippen LogP contribution in [0.2, 0.25) is 0 Å². The second-order valence-electron chi connectivity index (χ2n) is 4.91. The highest BCUT2D eigenvalue weighted by molar-refractivity contribution is 6.18. The normalized spacial score (nSPS) is 11.2. The smallest absolute Gasteiger partial charge is 0.123 e. The van der Waals surface area contributed by atoms with E-state index in [4.69, 9.17) is 28.2 Å². The average Bonchev–Trinajstić information content (AvgIpc) is 2.81. The molecule has 0 saturated carbocycles. The molecule has 21 heavy (non-hydrogen) atoms. The zero-order valence-electron chi connectivity index (χ0n) is 12.6. The third kappa shape index (κ3) is 3.82. The fourth-order valence-electron chi connectivity index (χ4n) is 2.40. The maximum absolute atomic E-state index is 5.87. The molecule has 6 heteroatoms. The van der Waals surface area contributed by atoms with Crippen LogP contribution in [0.5, 0.6) is 0 Å². The van der Waals surface area contributed by atoms with Crippen molar-refractivity contribution in [1.82, 2.24) is 14.9 Å². The number of hydrogen-bond donors (Lipinski definition) is 1. The van der Waals surface area contributed by atoms with Crippen LogP contribution in [-0.2, 0) is 13.6 Å². The van der Waals surface area contributed by atoms with Gasteiger partial charge in [0.2, 0.25) is 0 Å². The van der Waals surface area contributed by atoms with Crippen molar-refractivity contribution in [3.63, 3.8) is 0 Å². The molecule has 116 valence electrons. The van der Waals surface area contributed by atoms with E-state index in [-0.39, 0.29) is 0 Å². The number of nitrogens with one attached hydrogen (secondary N) is 1. The minimum Gasteiger partial charge on any atom is -0.369 e. The van der Waals surface area contributed by atoms with E-state index in [2.05, 4.69) is 47.0 Å². The Morgan fingerprint density at radius 3 is 2.57 bits per heavy atom. The lowest BCUT2D eigenvalue weighted by atomic mass is 10.2. The summed E-state index contributed by atoms with van der Waals surface area (Å²) in [6, 6.07) is 6.34. The Hall–Kier alpha value is -0.970. The van der Waals surface area contributed by atoms with E-state index >= 15 is 0 Å². The predicted octanol–water partition coefficient (Wildman–Crippen LogP) is 2.97. The third-order valence-electron chi connectivity index (χ3n) is 3.56. The molecule has 2 aromatic rings. The Bertz CT molecular complexity index is 576. The fourth-order valence-corrected chi connectivity index (χ4v) is 2.81. The third-order valence-corrected chi connectivity index (χ3v) is 3.90. The maximum atomic E-state index is 5.87. The molecule has 0 aliphatic heterocycles. The molecule has 0 radical (unpaired) electrons. The van der Waals surface area contributed by atoms with Gasteiger partial charge in [-0.25, -0.2) is 4.98 Å². The molecular weight excluding hydrogens is 307 g/mol. The molecule has 1 heterocycles. The van der Waals surface area contributed by atoms with Crippen LogP contribution in [0.25, 0.3) is 11.0 Å². The Morgan fingerprint density at radius 1 is 1.24 bits per heavy atom. The van der Waals surface area contributed by atoms with E-state index in [1.807, 2.05) is 0 Å².